The molecule has 2 rings (SSSR count). The molecule has 0 radical (unpaired) electrons. The maximum atomic E-state index is 12.4. The molecule has 1 unspecified atom stereocenters. The van der Waals surface area contributed by atoms with Crippen LogP contribution in [0.15, 0.2) is 17.2 Å². The van der Waals surface area contributed by atoms with Gasteiger partial charge in [-0.3, -0.25) is 9.36 Å². The fraction of sp³-hybridized carbons (Fsp3) is 0.500. The molecule has 0 amide bonds. The molecule has 0 aliphatic rings. The number of rotatable bonds is 5. The lowest BCUT2D eigenvalue weighted by atomic mass is 10.3. The summed E-state index contributed by atoms with van der Waals surface area (Å²) < 4.78 is 6.42. The lowest BCUT2D eigenvalue weighted by molar-refractivity contribution is -0.147. The van der Waals surface area contributed by atoms with Crippen LogP contribution >= 0.6 is 11.3 Å². The first kappa shape index (κ1) is 14.7. The van der Waals surface area contributed by atoms with Crippen LogP contribution in [0.5, 0.6) is 0 Å². The Morgan fingerprint density at radius 3 is 2.90 bits per heavy atom. The van der Waals surface area contributed by atoms with Crippen LogP contribution in [0.3, 0.4) is 0 Å². The Morgan fingerprint density at radius 2 is 2.25 bits per heavy atom. The first-order chi connectivity index (χ1) is 9.58. The van der Waals surface area contributed by atoms with Crippen LogP contribution < -0.4 is 5.56 Å². The zero-order valence-corrected chi connectivity index (χ0v) is 12.7. The minimum absolute atomic E-state index is 0.188. The second-order valence-corrected chi connectivity index (χ2v) is 5.70. The van der Waals surface area contributed by atoms with Gasteiger partial charge in [-0.2, -0.15) is 0 Å². The minimum Gasteiger partial charge on any atom is -0.464 e. The number of hydrogen-bond donors (Lipinski definition) is 0. The van der Waals surface area contributed by atoms with Crippen molar-refractivity contribution in [3.8, 4) is 0 Å². The van der Waals surface area contributed by atoms with Crippen molar-refractivity contribution >= 4 is 27.5 Å². The third-order valence-corrected chi connectivity index (χ3v) is 4.27. The molecule has 0 saturated carbocycles. The topological polar surface area (TPSA) is 61.2 Å². The van der Waals surface area contributed by atoms with Crippen LogP contribution in [0.25, 0.3) is 10.2 Å². The smallest absolute Gasteiger partial charge is 0.328 e. The number of ether oxygens (including phenoxy) is 1. The first-order valence-electron chi connectivity index (χ1n) is 6.74. The van der Waals surface area contributed by atoms with Crippen LogP contribution in [-0.4, -0.2) is 22.1 Å². The minimum atomic E-state index is -0.657. The van der Waals surface area contributed by atoms with E-state index < -0.39 is 12.0 Å². The number of aryl methyl sites for hydroxylation is 1. The van der Waals surface area contributed by atoms with Crippen molar-refractivity contribution in [2.45, 2.75) is 39.7 Å². The van der Waals surface area contributed by atoms with E-state index in [-0.39, 0.29) is 5.56 Å². The molecular formula is C14H18N2O3S. The van der Waals surface area contributed by atoms with E-state index in [0.717, 1.165) is 22.5 Å². The molecule has 2 heterocycles. The van der Waals surface area contributed by atoms with Crippen molar-refractivity contribution in [1.82, 2.24) is 9.55 Å². The van der Waals surface area contributed by atoms with E-state index >= 15 is 0 Å². The first-order valence-corrected chi connectivity index (χ1v) is 7.56. The van der Waals surface area contributed by atoms with Gasteiger partial charge in [0.1, 0.15) is 10.9 Å². The van der Waals surface area contributed by atoms with E-state index in [9.17, 15) is 9.59 Å². The van der Waals surface area contributed by atoms with Crippen molar-refractivity contribution in [1.29, 1.82) is 0 Å². The van der Waals surface area contributed by atoms with Gasteiger partial charge in [0.25, 0.3) is 5.56 Å². The average Bonchev–Trinajstić information content (AvgIpc) is 2.88. The van der Waals surface area contributed by atoms with Gasteiger partial charge in [-0.15, -0.1) is 11.3 Å². The third kappa shape index (κ3) is 2.75. The van der Waals surface area contributed by atoms with Crippen LogP contribution in [0.4, 0.5) is 0 Å². The van der Waals surface area contributed by atoms with Gasteiger partial charge in [-0.25, -0.2) is 9.78 Å². The lowest BCUT2D eigenvalue weighted by Gasteiger charge is -2.13. The van der Waals surface area contributed by atoms with E-state index in [1.54, 1.807) is 6.92 Å². The highest BCUT2D eigenvalue weighted by atomic mass is 32.1. The summed E-state index contributed by atoms with van der Waals surface area (Å²) in [5.41, 5.74) is -0.188. The Labute approximate surface area is 121 Å². The molecule has 108 valence electrons. The summed E-state index contributed by atoms with van der Waals surface area (Å²) in [7, 11) is 0. The Kier molecular flexibility index (Phi) is 4.54. The van der Waals surface area contributed by atoms with Crippen molar-refractivity contribution in [3.05, 3.63) is 27.6 Å². The third-order valence-electron chi connectivity index (χ3n) is 3.08. The zero-order chi connectivity index (χ0) is 14.7. The fourth-order valence-electron chi connectivity index (χ4n) is 1.87. The predicted molar refractivity (Wildman–Crippen MR) is 79.2 cm³/mol. The maximum absolute atomic E-state index is 12.4. The summed E-state index contributed by atoms with van der Waals surface area (Å²) in [5, 5.41) is 0.574. The summed E-state index contributed by atoms with van der Waals surface area (Å²) in [6.07, 6.45) is 3.06. The van der Waals surface area contributed by atoms with E-state index in [1.165, 1.54) is 22.2 Å². The molecule has 0 saturated heterocycles. The Morgan fingerprint density at radius 1 is 1.50 bits per heavy atom. The van der Waals surface area contributed by atoms with Gasteiger partial charge in [-0.1, -0.05) is 13.8 Å². The van der Waals surface area contributed by atoms with Crippen LogP contribution in [0.1, 0.15) is 38.1 Å². The molecule has 0 aliphatic carbocycles. The van der Waals surface area contributed by atoms with Gasteiger partial charge in [0.15, 0.2) is 0 Å². The fourth-order valence-corrected chi connectivity index (χ4v) is 2.80. The molecule has 0 aromatic carbocycles. The number of fused-ring (bicyclic) bond motifs is 1. The average molecular weight is 294 g/mol. The summed E-state index contributed by atoms with van der Waals surface area (Å²) in [6, 6.07) is 1.20. The molecule has 5 nitrogen and oxygen atoms in total. The van der Waals surface area contributed by atoms with Crippen LogP contribution in [-0.2, 0) is 16.0 Å². The number of hydrogen-bond acceptors (Lipinski definition) is 5. The number of esters is 1. The van der Waals surface area contributed by atoms with Crippen LogP contribution in [0.2, 0.25) is 0 Å². The molecule has 0 bridgehead atoms. The van der Waals surface area contributed by atoms with Crippen molar-refractivity contribution in [2.75, 3.05) is 6.61 Å². The molecule has 0 N–H and O–H groups in total. The van der Waals surface area contributed by atoms with E-state index in [1.807, 2.05) is 19.9 Å². The highest BCUT2D eigenvalue weighted by molar-refractivity contribution is 7.18. The van der Waals surface area contributed by atoms with E-state index in [2.05, 4.69) is 4.98 Å². The number of aromatic nitrogens is 2. The zero-order valence-electron chi connectivity index (χ0n) is 11.9. The summed E-state index contributed by atoms with van der Waals surface area (Å²) >= 11 is 1.51. The van der Waals surface area contributed by atoms with Crippen molar-refractivity contribution in [2.24, 2.45) is 0 Å². The quantitative estimate of drug-likeness (QED) is 0.795. The lowest BCUT2D eigenvalue weighted by Crippen LogP contribution is -2.29. The van der Waals surface area contributed by atoms with Crippen LogP contribution in [0, 0.1) is 0 Å². The predicted octanol–water partition coefficient (Wildman–Crippen LogP) is 2.53. The Bertz CT molecular complexity index is 675. The van der Waals surface area contributed by atoms with Gasteiger partial charge in [-0.05, 0) is 25.8 Å². The molecule has 2 aromatic heterocycles. The standard InChI is InChI=1S/C14H18N2O3S/c1-4-6-19-14(18)9(3)16-8-15-12-11(13(16)17)7-10(5-2)20-12/h7-9H,4-6H2,1-3H3. The van der Waals surface area contributed by atoms with Crippen molar-refractivity contribution < 1.29 is 9.53 Å². The number of carbonyl (C=O) groups is 1. The van der Waals surface area contributed by atoms with Gasteiger partial charge in [0.05, 0.1) is 18.3 Å². The monoisotopic (exact) mass is 294 g/mol. The Balaban J connectivity index is 2.37. The highest BCUT2D eigenvalue weighted by Gasteiger charge is 2.19. The molecule has 0 fully saturated rings. The molecular weight excluding hydrogens is 276 g/mol. The molecule has 2 aromatic rings. The second kappa shape index (κ2) is 6.17. The second-order valence-electron chi connectivity index (χ2n) is 4.59. The number of carbonyl (C=O) groups excluding carboxylic acids is 1. The summed E-state index contributed by atoms with van der Waals surface area (Å²) in [6.45, 7) is 5.98. The normalized spacial score (nSPS) is 12.6. The van der Waals surface area contributed by atoms with E-state index in [0.29, 0.717) is 12.0 Å². The summed E-state index contributed by atoms with van der Waals surface area (Å²) in [5.74, 6) is -0.402. The van der Waals surface area contributed by atoms with Crippen molar-refractivity contribution in [3.63, 3.8) is 0 Å². The molecule has 1 atom stereocenters. The maximum Gasteiger partial charge on any atom is 0.328 e. The van der Waals surface area contributed by atoms with Gasteiger partial charge in [0, 0.05) is 4.88 Å². The van der Waals surface area contributed by atoms with E-state index in [4.69, 9.17) is 4.74 Å². The number of nitrogens with zero attached hydrogens (tertiary/aromatic N) is 2. The molecule has 0 spiro atoms. The SMILES string of the molecule is CCCOC(=O)C(C)n1cnc2sc(CC)cc2c1=O. The molecule has 6 heteroatoms. The summed E-state index contributed by atoms with van der Waals surface area (Å²) in [4.78, 5) is 30.3. The Hall–Kier alpha value is -1.69. The molecule has 20 heavy (non-hydrogen) atoms. The van der Waals surface area contributed by atoms with Gasteiger partial charge < -0.3 is 4.74 Å². The largest absolute Gasteiger partial charge is 0.464 e. The van der Waals surface area contributed by atoms with Gasteiger partial charge in [0.2, 0.25) is 0 Å². The van der Waals surface area contributed by atoms with Gasteiger partial charge >= 0.3 is 5.97 Å². The number of thiophene rings is 1. The highest BCUT2D eigenvalue weighted by Crippen LogP contribution is 2.21. The molecule has 0 aliphatic heterocycles.